The Morgan fingerprint density at radius 3 is 3.05 bits per heavy atom. The second kappa shape index (κ2) is 6.02. The lowest BCUT2D eigenvalue weighted by molar-refractivity contribution is -0.131. The van der Waals surface area contributed by atoms with E-state index >= 15 is 0 Å². The van der Waals surface area contributed by atoms with E-state index in [-0.39, 0.29) is 18.2 Å². The summed E-state index contributed by atoms with van der Waals surface area (Å²) in [6, 6.07) is 2.07. The summed E-state index contributed by atoms with van der Waals surface area (Å²) in [6.45, 7) is 1.95. The summed E-state index contributed by atoms with van der Waals surface area (Å²) < 4.78 is 21.9. The van der Waals surface area contributed by atoms with E-state index in [0.717, 1.165) is 13.0 Å². The summed E-state index contributed by atoms with van der Waals surface area (Å²) in [5.41, 5.74) is 1.24. The third kappa shape index (κ3) is 4.29. The van der Waals surface area contributed by atoms with Crippen molar-refractivity contribution in [1.29, 1.82) is 0 Å². The number of nitrogens with one attached hydrogen (secondary N) is 1. The van der Waals surface area contributed by atoms with E-state index in [1.165, 1.54) is 16.7 Å². The Hall–Kier alpha value is -0.920. The number of rotatable bonds is 5. The molecule has 1 aliphatic rings. The molecular formula is C12H18N2O3S2. The van der Waals surface area contributed by atoms with Crippen LogP contribution in [0.1, 0.15) is 10.4 Å². The molecule has 0 spiro atoms. The minimum absolute atomic E-state index is 0.0327. The number of nitrogens with zero attached hydrogens (tertiary/aromatic N) is 1. The summed E-state index contributed by atoms with van der Waals surface area (Å²) >= 11 is 1.74. The van der Waals surface area contributed by atoms with Crippen molar-refractivity contribution in [1.82, 2.24) is 10.2 Å². The van der Waals surface area contributed by atoms with Crippen LogP contribution in [0.5, 0.6) is 0 Å². The van der Waals surface area contributed by atoms with Gasteiger partial charge < -0.3 is 10.2 Å². The first-order valence-corrected chi connectivity index (χ1v) is 9.11. The zero-order valence-electron chi connectivity index (χ0n) is 10.9. The molecule has 0 saturated carbocycles. The molecule has 106 valence electrons. The van der Waals surface area contributed by atoms with E-state index in [4.69, 9.17) is 0 Å². The number of thiophene rings is 1. The standard InChI is InChI=1S/C12H18N2O3S2/c1-19(16,17)7-4-13-8-12(15)14-5-2-11-10(9-14)3-6-18-11/h3,6,13H,2,4-5,7-9H2,1H3. The Morgan fingerprint density at radius 2 is 2.32 bits per heavy atom. The fourth-order valence-electron chi connectivity index (χ4n) is 2.03. The van der Waals surface area contributed by atoms with Crippen molar-refractivity contribution in [2.75, 3.05) is 31.6 Å². The number of carbonyl (C=O) groups is 1. The zero-order chi connectivity index (χ0) is 13.9. The summed E-state index contributed by atoms with van der Waals surface area (Å²) in [5, 5.41) is 4.95. The minimum Gasteiger partial charge on any atom is -0.337 e. The molecule has 1 aromatic heterocycles. The second-order valence-corrected chi connectivity index (χ2v) is 8.00. The average molecular weight is 302 g/mol. The zero-order valence-corrected chi connectivity index (χ0v) is 12.5. The quantitative estimate of drug-likeness (QED) is 0.793. The van der Waals surface area contributed by atoms with Gasteiger partial charge in [-0.1, -0.05) is 0 Å². The van der Waals surface area contributed by atoms with Crippen LogP contribution in [0.3, 0.4) is 0 Å². The highest BCUT2D eigenvalue weighted by Gasteiger charge is 2.20. The molecule has 2 rings (SSSR count). The highest BCUT2D eigenvalue weighted by atomic mass is 32.2. The first-order chi connectivity index (χ1) is 8.96. The van der Waals surface area contributed by atoms with Gasteiger partial charge in [-0.15, -0.1) is 11.3 Å². The fourth-order valence-corrected chi connectivity index (χ4v) is 3.43. The predicted octanol–water partition coefficient (Wildman–Crippen LogP) is 0.267. The van der Waals surface area contributed by atoms with Crippen LogP contribution in [0.25, 0.3) is 0 Å². The molecule has 0 aliphatic carbocycles. The van der Waals surface area contributed by atoms with Crippen molar-refractivity contribution in [2.45, 2.75) is 13.0 Å². The molecular weight excluding hydrogens is 284 g/mol. The van der Waals surface area contributed by atoms with Gasteiger partial charge in [-0.25, -0.2) is 8.42 Å². The molecule has 1 aromatic rings. The third-order valence-electron chi connectivity index (χ3n) is 3.09. The van der Waals surface area contributed by atoms with Crippen LogP contribution in [0, 0.1) is 0 Å². The van der Waals surface area contributed by atoms with E-state index < -0.39 is 9.84 Å². The smallest absolute Gasteiger partial charge is 0.236 e. The van der Waals surface area contributed by atoms with E-state index in [2.05, 4.69) is 16.8 Å². The van der Waals surface area contributed by atoms with E-state index in [9.17, 15) is 13.2 Å². The van der Waals surface area contributed by atoms with Crippen molar-refractivity contribution in [2.24, 2.45) is 0 Å². The minimum atomic E-state index is -2.97. The lowest BCUT2D eigenvalue weighted by Gasteiger charge is -2.27. The third-order valence-corrected chi connectivity index (χ3v) is 5.05. The van der Waals surface area contributed by atoms with Gasteiger partial charge in [-0.3, -0.25) is 4.79 Å². The molecule has 2 heterocycles. The van der Waals surface area contributed by atoms with Crippen LogP contribution in [-0.4, -0.2) is 50.9 Å². The summed E-state index contributed by atoms with van der Waals surface area (Å²) in [6.07, 6.45) is 2.11. The summed E-state index contributed by atoms with van der Waals surface area (Å²) in [7, 11) is -2.97. The Balaban J connectivity index is 1.76. The number of hydrogen-bond donors (Lipinski definition) is 1. The number of hydrogen-bond acceptors (Lipinski definition) is 5. The first-order valence-electron chi connectivity index (χ1n) is 6.17. The SMILES string of the molecule is CS(=O)(=O)CCNCC(=O)N1CCc2sccc2C1. The van der Waals surface area contributed by atoms with Crippen molar-refractivity contribution >= 4 is 27.1 Å². The maximum absolute atomic E-state index is 12.0. The Labute approximate surface area is 117 Å². The molecule has 19 heavy (non-hydrogen) atoms. The van der Waals surface area contributed by atoms with Crippen molar-refractivity contribution in [3.8, 4) is 0 Å². The van der Waals surface area contributed by atoms with Crippen LogP contribution in [0.15, 0.2) is 11.4 Å². The van der Waals surface area contributed by atoms with Gasteiger partial charge in [-0.05, 0) is 23.4 Å². The molecule has 0 unspecified atom stereocenters. The van der Waals surface area contributed by atoms with Gasteiger partial charge >= 0.3 is 0 Å². The molecule has 1 N–H and O–H groups in total. The largest absolute Gasteiger partial charge is 0.337 e. The topological polar surface area (TPSA) is 66.5 Å². The van der Waals surface area contributed by atoms with E-state index in [1.54, 1.807) is 11.3 Å². The second-order valence-electron chi connectivity index (χ2n) is 4.74. The van der Waals surface area contributed by atoms with Crippen molar-refractivity contribution in [3.63, 3.8) is 0 Å². The first kappa shape index (κ1) is 14.5. The van der Waals surface area contributed by atoms with Crippen LogP contribution in [0.2, 0.25) is 0 Å². The number of carbonyl (C=O) groups excluding carboxylic acids is 1. The van der Waals surface area contributed by atoms with Crippen LogP contribution >= 0.6 is 11.3 Å². The summed E-state index contributed by atoms with van der Waals surface area (Å²) in [4.78, 5) is 15.2. The molecule has 0 radical (unpaired) electrons. The molecule has 5 nitrogen and oxygen atoms in total. The molecule has 1 amide bonds. The monoisotopic (exact) mass is 302 g/mol. The van der Waals surface area contributed by atoms with Crippen LogP contribution in [0.4, 0.5) is 0 Å². The average Bonchev–Trinajstić information content (AvgIpc) is 2.80. The molecule has 1 aliphatic heterocycles. The Bertz CT molecular complexity index is 551. The van der Waals surface area contributed by atoms with Gasteiger partial charge in [0.1, 0.15) is 9.84 Å². The molecule has 0 bridgehead atoms. The van der Waals surface area contributed by atoms with Gasteiger partial charge in [0.2, 0.25) is 5.91 Å². The normalized spacial score (nSPS) is 15.3. The van der Waals surface area contributed by atoms with Gasteiger partial charge in [0.05, 0.1) is 12.3 Å². The molecule has 0 fully saturated rings. The van der Waals surface area contributed by atoms with Gasteiger partial charge in [0.15, 0.2) is 0 Å². The summed E-state index contributed by atoms with van der Waals surface area (Å²) in [5.74, 6) is 0.0972. The predicted molar refractivity (Wildman–Crippen MR) is 76.0 cm³/mol. The highest BCUT2D eigenvalue weighted by molar-refractivity contribution is 7.90. The van der Waals surface area contributed by atoms with Crippen LogP contribution < -0.4 is 5.32 Å². The maximum atomic E-state index is 12.0. The molecule has 7 heteroatoms. The Morgan fingerprint density at radius 1 is 1.53 bits per heavy atom. The van der Waals surface area contributed by atoms with Gasteiger partial charge in [0, 0.05) is 30.8 Å². The number of amides is 1. The molecule has 0 saturated heterocycles. The van der Waals surface area contributed by atoms with E-state index in [0.29, 0.717) is 13.1 Å². The maximum Gasteiger partial charge on any atom is 0.236 e. The van der Waals surface area contributed by atoms with Gasteiger partial charge in [0.25, 0.3) is 0 Å². The van der Waals surface area contributed by atoms with Crippen LogP contribution in [-0.2, 0) is 27.6 Å². The highest BCUT2D eigenvalue weighted by Crippen LogP contribution is 2.23. The van der Waals surface area contributed by atoms with Gasteiger partial charge in [-0.2, -0.15) is 0 Å². The lowest BCUT2D eigenvalue weighted by atomic mass is 10.1. The number of fused-ring (bicyclic) bond motifs is 1. The molecule has 0 atom stereocenters. The molecule has 0 aromatic carbocycles. The number of sulfone groups is 1. The van der Waals surface area contributed by atoms with Crippen molar-refractivity contribution < 1.29 is 13.2 Å². The lowest BCUT2D eigenvalue weighted by Crippen LogP contribution is -2.41. The van der Waals surface area contributed by atoms with E-state index in [1.807, 2.05) is 4.90 Å². The Kier molecular flexibility index (Phi) is 4.59. The fraction of sp³-hybridized carbons (Fsp3) is 0.583. The van der Waals surface area contributed by atoms with Crippen molar-refractivity contribution in [3.05, 3.63) is 21.9 Å².